The summed E-state index contributed by atoms with van der Waals surface area (Å²) in [7, 11) is 0. The first kappa shape index (κ1) is 12.3. The molecule has 4 heteroatoms. The van der Waals surface area contributed by atoms with E-state index >= 15 is 0 Å². The minimum atomic E-state index is 0.278. The van der Waals surface area contributed by atoms with E-state index < -0.39 is 0 Å². The summed E-state index contributed by atoms with van der Waals surface area (Å²) in [6.45, 7) is 5.09. The Hall–Kier alpha value is -1.16. The molecule has 0 bridgehead atoms. The van der Waals surface area contributed by atoms with E-state index in [1.165, 1.54) is 19.3 Å². The van der Waals surface area contributed by atoms with Gasteiger partial charge in [0.1, 0.15) is 5.82 Å². The summed E-state index contributed by atoms with van der Waals surface area (Å²) in [6.07, 6.45) is 6.36. The molecule has 1 aliphatic rings. The number of hydrogen-bond acceptors (Lipinski definition) is 4. The molecule has 0 aliphatic heterocycles. The van der Waals surface area contributed by atoms with Crippen molar-refractivity contribution in [2.45, 2.75) is 39.5 Å². The van der Waals surface area contributed by atoms with Gasteiger partial charge in [-0.3, -0.25) is 4.98 Å². The third-order valence-electron chi connectivity index (χ3n) is 3.76. The number of nitrogens with zero attached hydrogens (tertiary/aromatic N) is 2. The van der Waals surface area contributed by atoms with Gasteiger partial charge in [-0.2, -0.15) is 0 Å². The van der Waals surface area contributed by atoms with Gasteiger partial charge in [0.15, 0.2) is 0 Å². The van der Waals surface area contributed by atoms with Crippen LogP contribution in [0.25, 0.3) is 0 Å². The third-order valence-corrected chi connectivity index (χ3v) is 3.76. The topological polar surface area (TPSA) is 58.0 Å². The van der Waals surface area contributed by atoms with Crippen molar-refractivity contribution in [1.82, 2.24) is 9.97 Å². The van der Waals surface area contributed by atoms with Crippen LogP contribution in [-0.2, 0) is 0 Å². The first-order valence-corrected chi connectivity index (χ1v) is 6.30. The van der Waals surface area contributed by atoms with E-state index in [2.05, 4.69) is 15.3 Å². The number of aliphatic hydroxyl groups excluding tert-OH is 1. The van der Waals surface area contributed by atoms with Crippen molar-refractivity contribution in [2.75, 3.05) is 18.5 Å². The van der Waals surface area contributed by atoms with Crippen molar-refractivity contribution in [3.05, 3.63) is 17.6 Å². The second kappa shape index (κ2) is 5.00. The number of hydrogen-bond donors (Lipinski definition) is 2. The molecule has 0 atom stereocenters. The van der Waals surface area contributed by atoms with Crippen molar-refractivity contribution >= 4 is 5.82 Å². The molecule has 2 N–H and O–H groups in total. The van der Waals surface area contributed by atoms with Crippen LogP contribution in [0.15, 0.2) is 6.20 Å². The van der Waals surface area contributed by atoms with Crippen molar-refractivity contribution in [3.63, 3.8) is 0 Å². The van der Waals surface area contributed by atoms with Crippen molar-refractivity contribution in [1.29, 1.82) is 0 Å². The molecule has 94 valence electrons. The highest BCUT2D eigenvalue weighted by molar-refractivity contribution is 5.39. The summed E-state index contributed by atoms with van der Waals surface area (Å²) in [4.78, 5) is 8.75. The molecule has 0 spiro atoms. The largest absolute Gasteiger partial charge is 0.396 e. The number of rotatable bonds is 5. The Morgan fingerprint density at radius 1 is 1.41 bits per heavy atom. The van der Waals surface area contributed by atoms with Crippen molar-refractivity contribution in [3.8, 4) is 0 Å². The van der Waals surface area contributed by atoms with E-state index in [9.17, 15) is 0 Å². The van der Waals surface area contributed by atoms with Gasteiger partial charge in [0.25, 0.3) is 0 Å². The molecule has 1 aromatic heterocycles. The summed E-state index contributed by atoms with van der Waals surface area (Å²) in [5.41, 5.74) is 2.16. The van der Waals surface area contributed by atoms with Gasteiger partial charge in [-0.1, -0.05) is 6.42 Å². The van der Waals surface area contributed by atoms with Gasteiger partial charge in [0.05, 0.1) is 11.4 Å². The number of aromatic nitrogens is 2. The van der Waals surface area contributed by atoms with Crippen LogP contribution >= 0.6 is 0 Å². The van der Waals surface area contributed by atoms with E-state index in [-0.39, 0.29) is 12.0 Å². The molecule has 0 aromatic carbocycles. The van der Waals surface area contributed by atoms with Crippen LogP contribution in [0.5, 0.6) is 0 Å². The molecule has 17 heavy (non-hydrogen) atoms. The zero-order valence-corrected chi connectivity index (χ0v) is 10.7. The van der Waals surface area contributed by atoms with Crippen molar-refractivity contribution in [2.24, 2.45) is 5.41 Å². The molecule has 1 saturated carbocycles. The minimum Gasteiger partial charge on any atom is -0.396 e. The lowest BCUT2D eigenvalue weighted by Gasteiger charge is -2.42. The standard InChI is InChI=1S/C13H21N3O/c1-10-8-14-11(2)12(16-10)15-9-13(6-7-17)4-3-5-13/h8,17H,3-7,9H2,1-2H3,(H,15,16). The molecule has 0 radical (unpaired) electrons. The molecule has 1 heterocycles. The normalized spacial score (nSPS) is 17.6. The molecule has 0 saturated heterocycles. The number of aliphatic hydroxyl groups is 1. The molecule has 1 fully saturated rings. The quantitative estimate of drug-likeness (QED) is 0.820. The lowest BCUT2D eigenvalue weighted by Crippen LogP contribution is -2.37. The Morgan fingerprint density at radius 2 is 2.18 bits per heavy atom. The van der Waals surface area contributed by atoms with Crippen molar-refractivity contribution < 1.29 is 5.11 Å². The van der Waals surface area contributed by atoms with Crippen LogP contribution in [0.2, 0.25) is 0 Å². The van der Waals surface area contributed by atoms with Crippen LogP contribution in [0.4, 0.5) is 5.82 Å². The predicted molar refractivity (Wildman–Crippen MR) is 68.0 cm³/mol. The van der Waals surface area contributed by atoms with Gasteiger partial charge in [0, 0.05) is 19.3 Å². The molecule has 0 amide bonds. The van der Waals surface area contributed by atoms with Gasteiger partial charge < -0.3 is 10.4 Å². The fourth-order valence-corrected chi connectivity index (χ4v) is 2.41. The van der Waals surface area contributed by atoms with Crippen LogP contribution in [0, 0.1) is 19.3 Å². The maximum atomic E-state index is 9.11. The van der Waals surface area contributed by atoms with E-state index in [1.54, 1.807) is 6.20 Å². The van der Waals surface area contributed by atoms with Gasteiger partial charge >= 0.3 is 0 Å². The summed E-state index contributed by atoms with van der Waals surface area (Å²) in [5, 5.41) is 12.5. The summed E-state index contributed by atoms with van der Waals surface area (Å²) < 4.78 is 0. The van der Waals surface area contributed by atoms with Crippen LogP contribution in [0.1, 0.15) is 37.1 Å². The summed E-state index contributed by atoms with van der Waals surface area (Å²) >= 11 is 0. The van der Waals surface area contributed by atoms with E-state index in [0.29, 0.717) is 0 Å². The van der Waals surface area contributed by atoms with E-state index in [1.807, 2.05) is 13.8 Å². The predicted octanol–water partition coefficient (Wildman–Crippen LogP) is 2.06. The third kappa shape index (κ3) is 2.75. The van der Waals surface area contributed by atoms with Crippen LogP contribution < -0.4 is 5.32 Å². The highest BCUT2D eigenvalue weighted by atomic mass is 16.3. The average Bonchev–Trinajstić information content (AvgIpc) is 2.26. The second-order valence-electron chi connectivity index (χ2n) is 5.13. The lowest BCUT2D eigenvalue weighted by atomic mass is 9.67. The Balaban J connectivity index is 1.99. The maximum Gasteiger partial charge on any atom is 0.147 e. The molecule has 4 nitrogen and oxygen atoms in total. The molecule has 0 unspecified atom stereocenters. The first-order chi connectivity index (χ1) is 8.15. The van der Waals surface area contributed by atoms with Gasteiger partial charge in [0.2, 0.25) is 0 Å². The Morgan fingerprint density at radius 3 is 2.76 bits per heavy atom. The fourth-order valence-electron chi connectivity index (χ4n) is 2.41. The van der Waals surface area contributed by atoms with E-state index in [0.717, 1.165) is 30.2 Å². The Labute approximate surface area is 102 Å². The summed E-state index contributed by atoms with van der Waals surface area (Å²) in [6, 6.07) is 0. The second-order valence-corrected chi connectivity index (χ2v) is 5.13. The zero-order chi connectivity index (χ0) is 12.3. The summed E-state index contributed by atoms with van der Waals surface area (Å²) in [5.74, 6) is 0.884. The Kier molecular flexibility index (Phi) is 3.62. The monoisotopic (exact) mass is 235 g/mol. The first-order valence-electron chi connectivity index (χ1n) is 6.30. The highest BCUT2D eigenvalue weighted by Crippen LogP contribution is 2.43. The number of aryl methyl sites for hydroxylation is 2. The zero-order valence-electron chi connectivity index (χ0n) is 10.7. The maximum absolute atomic E-state index is 9.11. The molecule has 2 rings (SSSR count). The average molecular weight is 235 g/mol. The van der Waals surface area contributed by atoms with Crippen LogP contribution in [0.3, 0.4) is 0 Å². The SMILES string of the molecule is Cc1cnc(C)c(NCC2(CCO)CCC2)n1. The molecule has 1 aromatic rings. The van der Waals surface area contributed by atoms with Gasteiger partial charge in [-0.25, -0.2) is 4.98 Å². The number of anilines is 1. The molecular formula is C13H21N3O. The fraction of sp³-hybridized carbons (Fsp3) is 0.692. The number of nitrogens with one attached hydrogen (secondary N) is 1. The van der Waals surface area contributed by atoms with Gasteiger partial charge in [-0.05, 0) is 38.5 Å². The van der Waals surface area contributed by atoms with E-state index in [4.69, 9.17) is 5.11 Å². The van der Waals surface area contributed by atoms with Gasteiger partial charge in [-0.15, -0.1) is 0 Å². The minimum absolute atomic E-state index is 0.278. The Bertz CT molecular complexity index is 388. The molecular weight excluding hydrogens is 214 g/mol. The lowest BCUT2D eigenvalue weighted by molar-refractivity contribution is 0.101. The molecule has 1 aliphatic carbocycles. The smallest absolute Gasteiger partial charge is 0.147 e. The van der Waals surface area contributed by atoms with Crippen LogP contribution in [-0.4, -0.2) is 28.2 Å². The highest BCUT2D eigenvalue weighted by Gasteiger charge is 2.36.